The van der Waals surface area contributed by atoms with Crippen LogP contribution >= 0.6 is 0 Å². The highest BCUT2D eigenvalue weighted by atomic mass is 19.1. The van der Waals surface area contributed by atoms with E-state index in [0.29, 0.717) is 23.8 Å². The zero-order chi connectivity index (χ0) is 23.0. The standard InChI is InChI=1S/C29H29F2NO/c1-2-3-18-33-27-16-15-26(32-20-27)14-7-22-8-17-28-24(19-22)11-10-23(29(28)31)9-4-21-5-12-25(30)13-6-21/h5-6,8,10-13,15-17,19-20H,2-4,7,9,14,18H2,1H3. The first-order chi connectivity index (χ1) is 16.1. The fourth-order valence-corrected chi connectivity index (χ4v) is 3.92. The third-order valence-electron chi connectivity index (χ3n) is 5.93. The number of rotatable bonds is 10. The largest absolute Gasteiger partial charge is 0.492 e. The lowest BCUT2D eigenvalue weighted by molar-refractivity contribution is 0.308. The molecule has 0 saturated carbocycles. The Morgan fingerprint density at radius 2 is 1.58 bits per heavy atom. The topological polar surface area (TPSA) is 22.1 Å². The van der Waals surface area contributed by atoms with Crippen molar-refractivity contribution in [2.24, 2.45) is 0 Å². The zero-order valence-electron chi connectivity index (χ0n) is 19.0. The van der Waals surface area contributed by atoms with Crippen LogP contribution < -0.4 is 4.74 Å². The second kappa shape index (κ2) is 11.0. The van der Waals surface area contributed by atoms with Gasteiger partial charge in [-0.3, -0.25) is 4.98 Å². The Balaban J connectivity index is 1.37. The predicted molar refractivity (Wildman–Crippen MR) is 130 cm³/mol. The maximum absolute atomic E-state index is 15.1. The van der Waals surface area contributed by atoms with Gasteiger partial charge >= 0.3 is 0 Å². The number of hydrogen-bond acceptors (Lipinski definition) is 2. The van der Waals surface area contributed by atoms with E-state index >= 15 is 4.39 Å². The summed E-state index contributed by atoms with van der Waals surface area (Å²) in [6.07, 6.45) is 6.86. The molecule has 0 spiro atoms. The van der Waals surface area contributed by atoms with Crippen molar-refractivity contribution >= 4 is 10.8 Å². The summed E-state index contributed by atoms with van der Waals surface area (Å²) in [7, 11) is 0. The predicted octanol–water partition coefficient (Wildman–Crippen LogP) is 7.26. The van der Waals surface area contributed by atoms with Crippen LogP contribution in [0.2, 0.25) is 0 Å². The number of aryl methyl sites for hydroxylation is 4. The van der Waals surface area contributed by atoms with Gasteiger partial charge in [-0.1, -0.05) is 55.8 Å². The molecular weight excluding hydrogens is 416 g/mol. The third kappa shape index (κ3) is 6.16. The molecule has 0 unspecified atom stereocenters. The molecule has 0 amide bonds. The lowest BCUT2D eigenvalue weighted by atomic mass is 9.98. The molecule has 4 aromatic rings. The molecule has 0 atom stereocenters. The molecule has 3 aromatic carbocycles. The first kappa shape index (κ1) is 22.9. The van der Waals surface area contributed by atoms with E-state index in [1.807, 2.05) is 36.4 Å². The number of pyridine rings is 1. The Morgan fingerprint density at radius 3 is 2.33 bits per heavy atom. The van der Waals surface area contributed by atoms with Gasteiger partial charge in [0.15, 0.2) is 0 Å². The summed E-state index contributed by atoms with van der Waals surface area (Å²) >= 11 is 0. The van der Waals surface area contributed by atoms with Crippen molar-refractivity contribution in [2.75, 3.05) is 6.61 Å². The van der Waals surface area contributed by atoms with E-state index in [2.05, 4.69) is 18.0 Å². The highest BCUT2D eigenvalue weighted by Gasteiger charge is 2.09. The van der Waals surface area contributed by atoms with Crippen molar-refractivity contribution in [1.82, 2.24) is 4.98 Å². The van der Waals surface area contributed by atoms with Crippen molar-refractivity contribution in [3.05, 3.63) is 107 Å². The summed E-state index contributed by atoms with van der Waals surface area (Å²) in [6.45, 7) is 2.86. The Hall–Kier alpha value is -3.27. The minimum absolute atomic E-state index is 0.165. The van der Waals surface area contributed by atoms with Crippen LogP contribution in [0.25, 0.3) is 10.8 Å². The maximum Gasteiger partial charge on any atom is 0.137 e. The SMILES string of the molecule is CCCCOc1ccc(CCc2ccc3c(F)c(CCc4ccc(F)cc4)ccc3c2)nc1. The normalized spacial score (nSPS) is 11.1. The third-order valence-corrected chi connectivity index (χ3v) is 5.93. The molecule has 170 valence electrons. The van der Waals surface area contributed by atoms with Crippen LogP contribution in [-0.2, 0) is 25.7 Å². The smallest absolute Gasteiger partial charge is 0.137 e. The fourth-order valence-electron chi connectivity index (χ4n) is 3.92. The molecule has 0 aliphatic rings. The van der Waals surface area contributed by atoms with Crippen LogP contribution in [0.3, 0.4) is 0 Å². The van der Waals surface area contributed by atoms with E-state index in [1.165, 1.54) is 12.1 Å². The fraction of sp³-hybridized carbons (Fsp3) is 0.276. The average molecular weight is 446 g/mol. The van der Waals surface area contributed by atoms with E-state index in [9.17, 15) is 4.39 Å². The molecule has 0 saturated heterocycles. The number of nitrogens with zero attached hydrogens (tertiary/aromatic N) is 1. The first-order valence-electron chi connectivity index (χ1n) is 11.6. The van der Waals surface area contributed by atoms with Gasteiger partial charge in [-0.05, 0) is 78.4 Å². The molecule has 0 aliphatic carbocycles. The number of unbranched alkanes of at least 4 members (excludes halogenated alkanes) is 1. The van der Waals surface area contributed by atoms with E-state index in [-0.39, 0.29) is 11.6 Å². The van der Waals surface area contributed by atoms with E-state index < -0.39 is 0 Å². The molecule has 2 nitrogen and oxygen atoms in total. The molecular formula is C29H29F2NO. The number of ether oxygens (including phenoxy) is 1. The molecule has 0 radical (unpaired) electrons. The summed E-state index contributed by atoms with van der Waals surface area (Å²) in [5.41, 5.74) is 3.86. The number of fused-ring (bicyclic) bond motifs is 1. The van der Waals surface area contributed by atoms with Crippen molar-refractivity contribution in [3.8, 4) is 5.75 Å². The van der Waals surface area contributed by atoms with Gasteiger partial charge in [0.2, 0.25) is 0 Å². The van der Waals surface area contributed by atoms with Gasteiger partial charge in [-0.2, -0.15) is 0 Å². The zero-order valence-corrected chi connectivity index (χ0v) is 19.0. The highest BCUT2D eigenvalue weighted by Crippen LogP contribution is 2.24. The van der Waals surface area contributed by atoms with Gasteiger partial charge in [0, 0.05) is 11.1 Å². The summed E-state index contributed by atoms with van der Waals surface area (Å²) in [5, 5.41) is 1.55. The molecule has 4 rings (SSSR count). The second-order valence-corrected chi connectivity index (χ2v) is 8.41. The van der Waals surface area contributed by atoms with Crippen LogP contribution in [0.1, 0.15) is 42.1 Å². The van der Waals surface area contributed by atoms with Crippen LogP contribution in [0.4, 0.5) is 8.78 Å². The van der Waals surface area contributed by atoms with Crippen LogP contribution in [0.5, 0.6) is 5.75 Å². The molecule has 1 heterocycles. The Morgan fingerprint density at radius 1 is 0.788 bits per heavy atom. The summed E-state index contributed by atoms with van der Waals surface area (Å²) < 4.78 is 33.8. The van der Waals surface area contributed by atoms with Gasteiger partial charge in [0.1, 0.15) is 17.4 Å². The summed E-state index contributed by atoms with van der Waals surface area (Å²) in [6, 6.07) is 20.2. The maximum atomic E-state index is 15.1. The molecule has 0 N–H and O–H groups in total. The lowest BCUT2D eigenvalue weighted by Gasteiger charge is -2.09. The molecule has 0 fully saturated rings. The molecule has 33 heavy (non-hydrogen) atoms. The molecule has 0 bridgehead atoms. The number of halogens is 2. The molecule has 0 aliphatic heterocycles. The summed E-state index contributed by atoms with van der Waals surface area (Å²) in [5.74, 6) is 0.390. The number of hydrogen-bond donors (Lipinski definition) is 0. The average Bonchev–Trinajstić information content (AvgIpc) is 2.84. The monoisotopic (exact) mass is 445 g/mol. The van der Waals surface area contributed by atoms with Crippen molar-refractivity contribution in [3.63, 3.8) is 0 Å². The van der Waals surface area contributed by atoms with Crippen molar-refractivity contribution in [1.29, 1.82) is 0 Å². The van der Waals surface area contributed by atoms with Crippen LogP contribution in [0.15, 0.2) is 72.9 Å². The number of benzene rings is 3. The van der Waals surface area contributed by atoms with E-state index in [1.54, 1.807) is 18.3 Å². The van der Waals surface area contributed by atoms with Gasteiger partial charge in [-0.15, -0.1) is 0 Å². The molecule has 1 aromatic heterocycles. The lowest BCUT2D eigenvalue weighted by Crippen LogP contribution is -1.99. The summed E-state index contributed by atoms with van der Waals surface area (Å²) in [4.78, 5) is 4.50. The number of aromatic nitrogens is 1. The Bertz CT molecular complexity index is 1190. The minimum atomic E-state index is -0.254. The van der Waals surface area contributed by atoms with E-state index in [4.69, 9.17) is 4.74 Å². The van der Waals surface area contributed by atoms with Gasteiger partial charge in [0.25, 0.3) is 0 Å². The Kier molecular flexibility index (Phi) is 7.66. The van der Waals surface area contributed by atoms with Crippen LogP contribution in [0, 0.1) is 11.6 Å². The first-order valence-corrected chi connectivity index (χ1v) is 11.6. The van der Waals surface area contributed by atoms with Crippen LogP contribution in [-0.4, -0.2) is 11.6 Å². The van der Waals surface area contributed by atoms with Gasteiger partial charge in [-0.25, -0.2) is 8.78 Å². The molecule has 4 heteroatoms. The van der Waals surface area contributed by atoms with Crippen molar-refractivity contribution < 1.29 is 13.5 Å². The van der Waals surface area contributed by atoms with Gasteiger partial charge < -0.3 is 4.74 Å². The van der Waals surface area contributed by atoms with E-state index in [0.717, 1.165) is 60.2 Å². The minimum Gasteiger partial charge on any atom is -0.492 e. The highest BCUT2D eigenvalue weighted by molar-refractivity contribution is 5.84. The second-order valence-electron chi connectivity index (χ2n) is 8.41. The quantitative estimate of drug-likeness (QED) is 0.240. The van der Waals surface area contributed by atoms with Crippen molar-refractivity contribution in [2.45, 2.75) is 45.4 Å². The van der Waals surface area contributed by atoms with Gasteiger partial charge in [0.05, 0.1) is 12.8 Å². The Labute approximate surface area is 194 Å².